The Bertz CT molecular complexity index is 135. The lowest BCUT2D eigenvalue weighted by Gasteiger charge is -2.33. The quantitative estimate of drug-likeness (QED) is 0.654. The highest BCUT2D eigenvalue weighted by molar-refractivity contribution is 6.85. The lowest BCUT2D eigenvalue weighted by Crippen LogP contribution is -2.53. The summed E-state index contributed by atoms with van der Waals surface area (Å²) in [6, 6.07) is 0. The molecule has 0 aliphatic carbocycles. The first kappa shape index (κ1) is 13.3. The number of hydrogen-bond donors (Lipinski definition) is 2. The fraction of sp³-hybridized carbons (Fsp3) is 1.00. The van der Waals surface area contributed by atoms with Crippen LogP contribution in [-0.4, -0.2) is 43.1 Å². The Hall–Kier alpha value is 0.314. The second-order valence-electron chi connectivity index (χ2n) is 4.68. The minimum absolute atomic E-state index is 1.03. The Morgan fingerprint density at radius 1 is 0.846 bits per heavy atom. The summed E-state index contributed by atoms with van der Waals surface area (Å²) in [5.74, 6) is 0. The Morgan fingerprint density at radius 3 is 1.38 bits per heavy atom. The Balaban J connectivity index is 4.07. The largest absolute Gasteiger partial charge is 0.454 e. The zero-order chi connectivity index (χ0) is 10.5. The summed E-state index contributed by atoms with van der Waals surface area (Å²) in [7, 11) is 1.05. The maximum absolute atomic E-state index is 6.26. The van der Waals surface area contributed by atoms with E-state index in [1.165, 1.54) is 0 Å². The van der Waals surface area contributed by atoms with Crippen LogP contribution in [0.1, 0.15) is 0 Å². The van der Waals surface area contributed by atoms with E-state index in [-0.39, 0.29) is 0 Å². The monoisotopic (exact) mass is 220 g/mol. The summed E-state index contributed by atoms with van der Waals surface area (Å²) in [4.78, 5) is 0. The van der Waals surface area contributed by atoms with Crippen LogP contribution < -0.4 is 10.6 Å². The summed E-state index contributed by atoms with van der Waals surface area (Å²) < 4.78 is 6.26. The molecule has 0 aromatic rings. The minimum atomic E-state index is -1.47. The van der Waals surface area contributed by atoms with Crippen molar-refractivity contribution >= 4 is 16.6 Å². The van der Waals surface area contributed by atoms with Gasteiger partial charge in [-0.05, 0) is 40.3 Å². The van der Waals surface area contributed by atoms with Gasteiger partial charge in [-0.1, -0.05) is 0 Å². The Labute approximate surface area is 84.5 Å². The molecule has 13 heavy (non-hydrogen) atoms. The molecule has 0 aromatic carbocycles. The van der Waals surface area contributed by atoms with Crippen molar-refractivity contribution in [3.8, 4) is 0 Å². The molecule has 0 aliphatic rings. The molecule has 0 aliphatic heterocycles. The number of rotatable bonds is 6. The van der Waals surface area contributed by atoms with Crippen molar-refractivity contribution in [3.05, 3.63) is 0 Å². The zero-order valence-corrected chi connectivity index (χ0v) is 11.8. The van der Waals surface area contributed by atoms with Gasteiger partial charge >= 0.3 is 0 Å². The van der Waals surface area contributed by atoms with Crippen LogP contribution in [0.15, 0.2) is 0 Å². The first-order valence-electron chi connectivity index (χ1n) is 4.82. The highest BCUT2D eigenvalue weighted by Gasteiger charge is 2.31. The average molecular weight is 220 g/mol. The summed E-state index contributed by atoms with van der Waals surface area (Å²) in [6.07, 6.45) is 2.07. The summed E-state index contributed by atoms with van der Waals surface area (Å²) in [5.41, 5.74) is 0. The first-order chi connectivity index (χ1) is 5.83. The van der Waals surface area contributed by atoms with Crippen LogP contribution in [0.2, 0.25) is 26.2 Å². The number of nitrogens with one attached hydrogen (secondary N) is 2. The number of hydrogen-bond acceptors (Lipinski definition) is 3. The molecule has 0 radical (unpaired) electrons. The van der Waals surface area contributed by atoms with Gasteiger partial charge in [0.1, 0.15) is 0 Å². The van der Waals surface area contributed by atoms with Gasteiger partial charge in [0, 0.05) is 12.3 Å². The average Bonchev–Trinajstić information content (AvgIpc) is 1.82. The molecule has 0 rings (SSSR count). The highest BCUT2D eigenvalue weighted by Crippen LogP contribution is 2.12. The molecule has 0 spiro atoms. The van der Waals surface area contributed by atoms with Crippen LogP contribution in [0.3, 0.4) is 0 Å². The van der Waals surface area contributed by atoms with Crippen molar-refractivity contribution in [1.29, 1.82) is 0 Å². The molecule has 0 aromatic heterocycles. The van der Waals surface area contributed by atoms with Gasteiger partial charge < -0.3 is 14.7 Å². The lowest BCUT2D eigenvalue weighted by atomic mass is 11.2. The second-order valence-corrected chi connectivity index (χ2v) is 13.2. The van der Waals surface area contributed by atoms with Crippen molar-refractivity contribution in [2.75, 3.05) is 26.4 Å². The Kier molecular flexibility index (Phi) is 5.38. The van der Waals surface area contributed by atoms with Crippen molar-refractivity contribution in [2.24, 2.45) is 0 Å². The molecule has 0 bridgehead atoms. The van der Waals surface area contributed by atoms with E-state index >= 15 is 0 Å². The molecule has 80 valence electrons. The normalized spacial score (nSPS) is 13.4. The van der Waals surface area contributed by atoms with Gasteiger partial charge in [0.05, 0.1) is 0 Å². The van der Waals surface area contributed by atoms with Gasteiger partial charge in [0.25, 0.3) is 0 Å². The third-order valence-electron chi connectivity index (χ3n) is 1.76. The fourth-order valence-corrected chi connectivity index (χ4v) is 9.94. The molecule has 0 saturated heterocycles. The van der Waals surface area contributed by atoms with Crippen LogP contribution >= 0.6 is 0 Å². The molecular weight excluding hydrogens is 196 g/mol. The first-order valence-corrected chi connectivity index (χ1v) is 11.1. The molecule has 5 heteroatoms. The van der Waals surface area contributed by atoms with Crippen molar-refractivity contribution < 1.29 is 4.12 Å². The second kappa shape index (κ2) is 5.26. The van der Waals surface area contributed by atoms with E-state index < -0.39 is 16.6 Å². The molecule has 0 heterocycles. The lowest BCUT2D eigenvalue weighted by molar-refractivity contribution is 0.528. The van der Waals surface area contributed by atoms with E-state index in [9.17, 15) is 0 Å². The predicted octanol–water partition coefficient (Wildman–Crippen LogP) is 0.930. The third kappa shape index (κ3) is 6.39. The van der Waals surface area contributed by atoms with Gasteiger partial charge in [-0.15, -0.1) is 0 Å². The van der Waals surface area contributed by atoms with E-state index in [1.54, 1.807) is 0 Å². The molecular formula is C8H24N2OSi2. The van der Waals surface area contributed by atoms with Gasteiger partial charge in [-0.3, -0.25) is 0 Å². The van der Waals surface area contributed by atoms with Crippen LogP contribution in [0.25, 0.3) is 0 Å². The van der Waals surface area contributed by atoms with Crippen LogP contribution in [-0.2, 0) is 4.12 Å². The maximum Gasteiger partial charge on any atom is 0.187 e. The highest BCUT2D eigenvalue weighted by atomic mass is 28.4. The van der Waals surface area contributed by atoms with E-state index in [1.807, 2.05) is 14.1 Å². The van der Waals surface area contributed by atoms with Crippen molar-refractivity contribution in [2.45, 2.75) is 26.2 Å². The molecule has 0 unspecified atom stereocenters. The van der Waals surface area contributed by atoms with Gasteiger partial charge in [-0.2, -0.15) is 0 Å². The van der Waals surface area contributed by atoms with E-state index in [0.29, 0.717) is 0 Å². The third-order valence-corrected chi connectivity index (χ3v) is 8.59. The SMILES string of the molecule is CNC[Si](C)(C)O[Si](C)(C)CNC. The van der Waals surface area contributed by atoms with Gasteiger partial charge in [0.2, 0.25) is 0 Å². The topological polar surface area (TPSA) is 33.3 Å². The maximum atomic E-state index is 6.26. The predicted molar refractivity (Wildman–Crippen MR) is 63.9 cm³/mol. The van der Waals surface area contributed by atoms with Crippen LogP contribution in [0.5, 0.6) is 0 Å². The Morgan fingerprint density at radius 2 is 1.15 bits per heavy atom. The molecule has 0 amide bonds. The summed E-state index contributed by atoms with van der Waals surface area (Å²) in [5, 5.41) is 6.42. The van der Waals surface area contributed by atoms with Crippen molar-refractivity contribution in [3.63, 3.8) is 0 Å². The summed E-state index contributed by atoms with van der Waals surface area (Å²) in [6.45, 7) is 9.09. The molecule has 0 fully saturated rings. The van der Waals surface area contributed by atoms with Crippen LogP contribution in [0.4, 0.5) is 0 Å². The molecule has 0 atom stereocenters. The molecule has 2 N–H and O–H groups in total. The standard InChI is InChI=1S/C8H24N2OSi2/c1-9-7-12(3,4)11-13(5,6)8-10-2/h9-10H,7-8H2,1-6H3. The molecule has 3 nitrogen and oxygen atoms in total. The smallest absolute Gasteiger partial charge is 0.187 e. The van der Waals surface area contributed by atoms with Gasteiger partial charge in [-0.25, -0.2) is 0 Å². The van der Waals surface area contributed by atoms with E-state index in [4.69, 9.17) is 4.12 Å². The van der Waals surface area contributed by atoms with Crippen molar-refractivity contribution in [1.82, 2.24) is 10.6 Å². The van der Waals surface area contributed by atoms with Crippen LogP contribution in [0, 0.1) is 0 Å². The fourth-order valence-electron chi connectivity index (χ4n) is 1.67. The van der Waals surface area contributed by atoms with E-state index in [0.717, 1.165) is 12.3 Å². The molecule has 0 saturated carbocycles. The zero-order valence-electron chi connectivity index (χ0n) is 9.82. The van der Waals surface area contributed by atoms with E-state index in [2.05, 4.69) is 36.8 Å². The summed E-state index contributed by atoms with van der Waals surface area (Å²) >= 11 is 0. The minimum Gasteiger partial charge on any atom is -0.454 e. The van der Waals surface area contributed by atoms with Gasteiger partial charge in [0.15, 0.2) is 16.6 Å².